The van der Waals surface area contributed by atoms with Crippen molar-refractivity contribution in [3.63, 3.8) is 0 Å². The molecule has 1 amide bonds. The third kappa shape index (κ3) is 6.89. The van der Waals surface area contributed by atoms with Crippen LogP contribution in [0.1, 0.15) is 25.7 Å². The van der Waals surface area contributed by atoms with E-state index in [0.717, 1.165) is 48.1 Å². The second-order valence-corrected chi connectivity index (χ2v) is 9.36. The molecule has 0 saturated heterocycles. The van der Waals surface area contributed by atoms with Gasteiger partial charge in [0.15, 0.2) is 6.61 Å². The summed E-state index contributed by atoms with van der Waals surface area (Å²) in [4.78, 5) is 22.4. The fourth-order valence-electron chi connectivity index (χ4n) is 4.83. The van der Waals surface area contributed by atoms with Gasteiger partial charge >= 0.3 is 5.97 Å². The Balaban J connectivity index is 1.64. The standard InChI is InChI=1S/C28H33N3O6/c1-35-23-9-5-8-22(14-23)26-27(21-6-3-2-4-7-21)30-31(28(26)37-17-24(29)32)15-19-10-12-20(13-11-19)16-36-18-25(33)34/h2-9,14,19-20H,10-13,15-18H2,1H3,(H2,29,32)(H,33,34). The number of methoxy groups -OCH3 is 1. The van der Waals surface area contributed by atoms with Crippen molar-refractivity contribution in [2.45, 2.75) is 32.2 Å². The van der Waals surface area contributed by atoms with Gasteiger partial charge in [-0.15, -0.1) is 0 Å². The van der Waals surface area contributed by atoms with Crippen LogP contribution in [-0.4, -0.2) is 53.7 Å². The van der Waals surface area contributed by atoms with Crippen molar-refractivity contribution < 1.29 is 28.9 Å². The van der Waals surface area contributed by atoms with E-state index in [4.69, 9.17) is 30.1 Å². The number of nitrogens with zero attached hydrogens (tertiary/aromatic N) is 2. The number of ether oxygens (including phenoxy) is 3. The second kappa shape index (κ2) is 12.4. The lowest BCUT2D eigenvalue weighted by atomic mass is 9.82. The van der Waals surface area contributed by atoms with E-state index in [-0.39, 0.29) is 13.2 Å². The van der Waals surface area contributed by atoms with Gasteiger partial charge in [-0.2, -0.15) is 5.10 Å². The maximum absolute atomic E-state index is 11.7. The van der Waals surface area contributed by atoms with Gasteiger partial charge in [0.05, 0.1) is 19.3 Å². The van der Waals surface area contributed by atoms with Gasteiger partial charge in [-0.1, -0.05) is 42.5 Å². The van der Waals surface area contributed by atoms with Crippen LogP contribution in [0.3, 0.4) is 0 Å². The van der Waals surface area contributed by atoms with Crippen LogP contribution >= 0.6 is 0 Å². The minimum absolute atomic E-state index is 0.259. The molecule has 0 spiro atoms. The molecule has 3 N–H and O–H groups in total. The molecule has 2 aromatic carbocycles. The number of primary amides is 1. The number of benzene rings is 2. The molecule has 0 aliphatic heterocycles. The van der Waals surface area contributed by atoms with Gasteiger partial charge in [-0.3, -0.25) is 4.79 Å². The molecule has 1 saturated carbocycles. The zero-order chi connectivity index (χ0) is 26.2. The molecule has 37 heavy (non-hydrogen) atoms. The lowest BCUT2D eigenvalue weighted by molar-refractivity contribution is -0.142. The summed E-state index contributed by atoms with van der Waals surface area (Å²) in [5.41, 5.74) is 8.77. The summed E-state index contributed by atoms with van der Waals surface area (Å²) < 4.78 is 18.6. The molecule has 196 valence electrons. The van der Waals surface area contributed by atoms with E-state index in [2.05, 4.69) is 0 Å². The number of carbonyl (C=O) groups excluding carboxylic acids is 1. The molecule has 1 heterocycles. The third-order valence-electron chi connectivity index (χ3n) is 6.64. The first-order valence-electron chi connectivity index (χ1n) is 12.5. The summed E-state index contributed by atoms with van der Waals surface area (Å²) in [5, 5.41) is 13.8. The molecule has 0 bridgehead atoms. The van der Waals surface area contributed by atoms with Gasteiger partial charge < -0.3 is 25.1 Å². The van der Waals surface area contributed by atoms with Gasteiger partial charge in [0.25, 0.3) is 5.91 Å². The Kier molecular flexibility index (Phi) is 8.79. The van der Waals surface area contributed by atoms with E-state index >= 15 is 0 Å². The Labute approximate surface area is 216 Å². The van der Waals surface area contributed by atoms with Crippen molar-refractivity contribution in [1.29, 1.82) is 0 Å². The van der Waals surface area contributed by atoms with Crippen molar-refractivity contribution in [3.05, 3.63) is 54.6 Å². The first-order valence-corrected chi connectivity index (χ1v) is 12.5. The molecule has 1 fully saturated rings. The van der Waals surface area contributed by atoms with E-state index in [1.54, 1.807) is 7.11 Å². The van der Waals surface area contributed by atoms with E-state index in [0.29, 0.717) is 36.6 Å². The normalized spacial score (nSPS) is 17.3. The van der Waals surface area contributed by atoms with Crippen molar-refractivity contribution in [2.75, 3.05) is 26.9 Å². The van der Waals surface area contributed by atoms with E-state index < -0.39 is 11.9 Å². The van der Waals surface area contributed by atoms with Crippen LogP contribution < -0.4 is 15.2 Å². The number of hydrogen-bond acceptors (Lipinski definition) is 6. The molecule has 0 radical (unpaired) electrons. The first kappa shape index (κ1) is 26.2. The van der Waals surface area contributed by atoms with Crippen molar-refractivity contribution in [1.82, 2.24) is 9.78 Å². The van der Waals surface area contributed by atoms with Crippen LogP contribution in [0.5, 0.6) is 11.6 Å². The molecule has 9 nitrogen and oxygen atoms in total. The van der Waals surface area contributed by atoms with Crippen LogP contribution in [-0.2, 0) is 20.9 Å². The van der Waals surface area contributed by atoms with Crippen LogP contribution in [0.4, 0.5) is 0 Å². The molecule has 4 rings (SSSR count). The highest BCUT2D eigenvalue weighted by Gasteiger charge is 2.27. The predicted octanol–water partition coefficient (Wildman–Crippen LogP) is 4.00. The summed E-state index contributed by atoms with van der Waals surface area (Å²) >= 11 is 0. The fourth-order valence-corrected chi connectivity index (χ4v) is 4.83. The first-order chi connectivity index (χ1) is 17.9. The average molecular weight is 508 g/mol. The van der Waals surface area contributed by atoms with E-state index in [9.17, 15) is 9.59 Å². The summed E-state index contributed by atoms with van der Waals surface area (Å²) in [7, 11) is 1.62. The highest BCUT2D eigenvalue weighted by molar-refractivity contribution is 5.85. The second-order valence-electron chi connectivity index (χ2n) is 9.36. The number of hydrogen-bond donors (Lipinski definition) is 2. The lowest BCUT2D eigenvalue weighted by Gasteiger charge is -2.28. The highest BCUT2D eigenvalue weighted by Crippen LogP contribution is 2.41. The van der Waals surface area contributed by atoms with Gasteiger partial charge in [0, 0.05) is 12.1 Å². The number of amides is 1. The average Bonchev–Trinajstić information content (AvgIpc) is 3.26. The molecular formula is C28H33N3O6. The fraction of sp³-hybridized carbons (Fsp3) is 0.393. The Morgan fingerprint density at radius 2 is 1.70 bits per heavy atom. The zero-order valence-corrected chi connectivity index (χ0v) is 21.0. The molecular weight excluding hydrogens is 474 g/mol. The van der Waals surface area contributed by atoms with Gasteiger partial charge in [0.1, 0.15) is 18.1 Å². The van der Waals surface area contributed by atoms with Crippen LogP contribution in [0.15, 0.2) is 54.6 Å². The monoisotopic (exact) mass is 507 g/mol. The Morgan fingerprint density at radius 3 is 2.38 bits per heavy atom. The van der Waals surface area contributed by atoms with Gasteiger partial charge in [0.2, 0.25) is 5.88 Å². The maximum atomic E-state index is 11.7. The molecule has 1 aliphatic rings. The smallest absolute Gasteiger partial charge is 0.329 e. The number of nitrogens with two attached hydrogens (primary N) is 1. The van der Waals surface area contributed by atoms with Gasteiger partial charge in [-0.05, 0) is 55.2 Å². The zero-order valence-electron chi connectivity index (χ0n) is 21.0. The van der Waals surface area contributed by atoms with Crippen LogP contribution in [0, 0.1) is 11.8 Å². The molecule has 1 aliphatic carbocycles. The van der Waals surface area contributed by atoms with E-state index in [1.165, 1.54) is 0 Å². The quantitative estimate of drug-likeness (QED) is 0.379. The topological polar surface area (TPSA) is 126 Å². The Bertz CT molecular complexity index is 1200. The Morgan fingerprint density at radius 1 is 1.00 bits per heavy atom. The number of aliphatic carboxylic acids is 1. The minimum atomic E-state index is -0.947. The molecule has 0 unspecified atom stereocenters. The molecule has 3 aromatic rings. The summed E-state index contributed by atoms with van der Waals surface area (Å²) in [5.74, 6) is 0.398. The number of carboxylic acids is 1. The van der Waals surface area contributed by atoms with Crippen LogP contribution in [0.2, 0.25) is 0 Å². The SMILES string of the molecule is COc1cccc(-c2c(-c3ccccc3)nn(CC3CCC(COCC(=O)O)CC3)c2OCC(N)=O)c1. The summed E-state index contributed by atoms with van der Waals surface area (Å²) in [6, 6.07) is 17.5. The summed E-state index contributed by atoms with van der Waals surface area (Å²) in [6.07, 6.45) is 3.84. The third-order valence-corrected chi connectivity index (χ3v) is 6.64. The number of aromatic nitrogens is 2. The number of carbonyl (C=O) groups is 2. The van der Waals surface area contributed by atoms with Crippen molar-refractivity contribution in [2.24, 2.45) is 17.6 Å². The number of carboxylic acid groups (broad SMARTS) is 1. The largest absolute Gasteiger partial charge is 0.497 e. The van der Waals surface area contributed by atoms with E-state index in [1.807, 2.05) is 59.3 Å². The van der Waals surface area contributed by atoms with Crippen molar-refractivity contribution >= 4 is 11.9 Å². The molecule has 9 heteroatoms. The number of rotatable bonds is 12. The lowest BCUT2D eigenvalue weighted by Crippen LogP contribution is -2.24. The minimum Gasteiger partial charge on any atom is -0.497 e. The molecule has 0 atom stereocenters. The van der Waals surface area contributed by atoms with Gasteiger partial charge in [-0.25, -0.2) is 9.48 Å². The molecule has 1 aromatic heterocycles. The highest BCUT2D eigenvalue weighted by atomic mass is 16.5. The summed E-state index contributed by atoms with van der Waals surface area (Å²) in [6.45, 7) is 0.570. The Hall–Kier alpha value is -3.85. The maximum Gasteiger partial charge on any atom is 0.329 e. The van der Waals surface area contributed by atoms with Crippen molar-refractivity contribution in [3.8, 4) is 34.0 Å². The van der Waals surface area contributed by atoms with Crippen LogP contribution in [0.25, 0.3) is 22.4 Å². The predicted molar refractivity (Wildman–Crippen MR) is 138 cm³/mol.